The van der Waals surface area contributed by atoms with Crippen molar-refractivity contribution in [3.63, 3.8) is 0 Å². The van der Waals surface area contributed by atoms with Gasteiger partial charge in [-0.25, -0.2) is 4.57 Å². The van der Waals surface area contributed by atoms with Crippen LogP contribution in [0.1, 0.15) is 72.6 Å². The lowest BCUT2D eigenvalue weighted by Gasteiger charge is -2.59. The van der Waals surface area contributed by atoms with Crippen molar-refractivity contribution in [3.05, 3.63) is 11.6 Å². The number of rotatable bonds is 4. The van der Waals surface area contributed by atoms with E-state index in [-0.39, 0.29) is 17.1 Å². The third kappa shape index (κ3) is 3.40. The first-order valence-electron chi connectivity index (χ1n) is 12.1. The van der Waals surface area contributed by atoms with Gasteiger partial charge in [0.2, 0.25) is 0 Å². The molecule has 5 aliphatic rings. The fourth-order valence-electron chi connectivity index (χ4n) is 8.41. The standard InChI is InChI=1S/C24H35O8P/c1-21(2)31-20-12-18-16-6-5-14-11-15(25)7-9-22(14,3)17(16)8-10-23(18,4)24(20,32-21)19(26)13-30-33(27,28)29/h11,16-18,20H,5-10,12-13H2,1-4H3,(H2,27,28,29)/t16-,17+,18+,20-,22+,23+,24-/m1/s1. The summed E-state index contributed by atoms with van der Waals surface area (Å²) in [5, 5.41) is 0. The number of carbonyl (C=O) groups excluding carboxylic acids is 2. The number of Topliss-reactive ketones (excluding diaryl/α,β-unsaturated/α-hetero) is 1. The quantitative estimate of drug-likeness (QED) is 0.582. The average Bonchev–Trinajstić information content (AvgIpc) is 3.12. The lowest BCUT2D eigenvalue weighted by Crippen LogP contribution is -2.61. The van der Waals surface area contributed by atoms with Crippen molar-refractivity contribution in [1.29, 1.82) is 0 Å². The molecule has 184 valence electrons. The lowest BCUT2D eigenvalue weighted by molar-refractivity contribution is -0.215. The summed E-state index contributed by atoms with van der Waals surface area (Å²) in [5.41, 5.74) is -0.515. The molecular weight excluding hydrogens is 447 g/mol. The number of ether oxygens (including phenoxy) is 2. The zero-order chi connectivity index (χ0) is 24.0. The van der Waals surface area contributed by atoms with E-state index in [0.29, 0.717) is 24.7 Å². The molecule has 0 amide bonds. The summed E-state index contributed by atoms with van der Waals surface area (Å²) in [7, 11) is -4.80. The Kier molecular flexibility index (Phi) is 5.28. The van der Waals surface area contributed by atoms with Gasteiger partial charge in [0.25, 0.3) is 0 Å². The van der Waals surface area contributed by atoms with E-state index < -0.39 is 43.1 Å². The number of hydrogen-bond acceptors (Lipinski definition) is 6. The van der Waals surface area contributed by atoms with Crippen LogP contribution in [0.2, 0.25) is 0 Å². The van der Waals surface area contributed by atoms with Crippen molar-refractivity contribution >= 4 is 19.4 Å². The van der Waals surface area contributed by atoms with E-state index in [1.165, 1.54) is 5.57 Å². The van der Waals surface area contributed by atoms with Gasteiger partial charge in [0.05, 0.1) is 6.10 Å². The van der Waals surface area contributed by atoms with Crippen LogP contribution in [0.25, 0.3) is 0 Å². The fourth-order valence-corrected chi connectivity index (χ4v) is 8.70. The monoisotopic (exact) mass is 482 g/mol. The smallest absolute Gasteiger partial charge is 0.344 e. The maximum atomic E-state index is 13.6. The van der Waals surface area contributed by atoms with Gasteiger partial charge in [-0.2, -0.15) is 0 Å². The van der Waals surface area contributed by atoms with E-state index in [1.807, 2.05) is 6.08 Å². The molecule has 0 unspecified atom stereocenters. The predicted octanol–water partition coefficient (Wildman–Crippen LogP) is 3.70. The van der Waals surface area contributed by atoms with Crippen LogP contribution in [-0.2, 0) is 28.2 Å². The second kappa shape index (κ2) is 7.31. The Balaban J connectivity index is 1.50. The van der Waals surface area contributed by atoms with Gasteiger partial charge in [-0.15, -0.1) is 0 Å². The number of hydrogen-bond donors (Lipinski definition) is 2. The van der Waals surface area contributed by atoms with Crippen molar-refractivity contribution in [1.82, 2.24) is 0 Å². The molecular formula is C24H35O8P. The van der Waals surface area contributed by atoms with Gasteiger partial charge in [0.1, 0.15) is 6.61 Å². The number of ketones is 2. The molecule has 33 heavy (non-hydrogen) atoms. The van der Waals surface area contributed by atoms with E-state index in [0.717, 1.165) is 32.1 Å². The molecule has 1 heterocycles. The van der Waals surface area contributed by atoms with E-state index >= 15 is 0 Å². The number of fused-ring (bicyclic) bond motifs is 7. The Morgan fingerprint density at radius 1 is 1.15 bits per heavy atom. The third-order valence-corrected chi connectivity index (χ3v) is 10.2. The summed E-state index contributed by atoms with van der Waals surface area (Å²) in [6.07, 6.45) is 7.11. The highest BCUT2D eigenvalue weighted by molar-refractivity contribution is 7.46. The van der Waals surface area contributed by atoms with Crippen LogP contribution in [0.4, 0.5) is 0 Å². The molecule has 3 saturated carbocycles. The molecule has 4 aliphatic carbocycles. The number of allylic oxidation sites excluding steroid dienone is 1. The molecule has 0 aromatic heterocycles. The van der Waals surface area contributed by atoms with Crippen LogP contribution in [0, 0.1) is 28.6 Å². The van der Waals surface area contributed by atoms with Crippen LogP contribution in [0.5, 0.6) is 0 Å². The molecule has 9 heteroatoms. The van der Waals surface area contributed by atoms with Gasteiger partial charge < -0.3 is 19.3 Å². The minimum absolute atomic E-state index is 0.0115. The molecule has 4 fully saturated rings. The van der Waals surface area contributed by atoms with Crippen LogP contribution in [0.15, 0.2) is 11.6 Å². The average molecular weight is 483 g/mol. The molecule has 7 atom stereocenters. The minimum atomic E-state index is -4.80. The highest BCUT2D eigenvalue weighted by Crippen LogP contribution is 2.70. The Hall–Kier alpha value is -0.890. The highest BCUT2D eigenvalue weighted by atomic mass is 31.2. The van der Waals surface area contributed by atoms with Gasteiger partial charge in [-0.3, -0.25) is 14.1 Å². The topological polar surface area (TPSA) is 119 Å². The molecule has 1 aliphatic heterocycles. The molecule has 2 N–H and O–H groups in total. The molecule has 5 rings (SSSR count). The van der Waals surface area contributed by atoms with E-state index in [4.69, 9.17) is 9.47 Å². The Morgan fingerprint density at radius 2 is 1.88 bits per heavy atom. The first kappa shape index (κ1) is 23.8. The molecule has 0 bridgehead atoms. The van der Waals surface area contributed by atoms with Crippen molar-refractivity contribution < 1.29 is 37.9 Å². The van der Waals surface area contributed by atoms with E-state index in [9.17, 15) is 23.9 Å². The fraction of sp³-hybridized carbons (Fsp3) is 0.833. The van der Waals surface area contributed by atoms with Gasteiger partial charge in [-0.05, 0) is 81.6 Å². The third-order valence-electron chi connectivity index (χ3n) is 9.73. The summed E-state index contributed by atoms with van der Waals surface area (Å²) in [4.78, 5) is 44.1. The largest absolute Gasteiger partial charge is 0.470 e. The second-order valence-corrected chi connectivity index (χ2v) is 12.9. The summed E-state index contributed by atoms with van der Waals surface area (Å²) in [6, 6.07) is 0. The van der Waals surface area contributed by atoms with Gasteiger partial charge in [0, 0.05) is 11.8 Å². The van der Waals surface area contributed by atoms with Gasteiger partial charge in [-0.1, -0.05) is 19.4 Å². The molecule has 0 aromatic rings. The minimum Gasteiger partial charge on any atom is -0.344 e. The zero-order valence-corrected chi connectivity index (χ0v) is 20.7. The lowest BCUT2D eigenvalue weighted by atomic mass is 9.46. The molecule has 1 saturated heterocycles. The molecule has 0 aromatic carbocycles. The van der Waals surface area contributed by atoms with Crippen LogP contribution in [0.3, 0.4) is 0 Å². The predicted molar refractivity (Wildman–Crippen MR) is 118 cm³/mol. The number of carbonyl (C=O) groups is 2. The first-order valence-corrected chi connectivity index (χ1v) is 13.6. The Labute approximate surface area is 194 Å². The summed E-state index contributed by atoms with van der Waals surface area (Å²) in [5.74, 6) is -0.175. The summed E-state index contributed by atoms with van der Waals surface area (Å²) in [6.45, 7) is 7.28. The maximum Gasteiger partial charge on any atom is 0.470 e. The van der Waals surface area contributed by atoms with E-state index in [1.54, 1.807) is 13.8 Å². The van der Waals surface area contributed by atoms with Crippen LogP contribution in [-0.4, -0.2) is 45.5 Å². The Bertz CT molecular complexity index is 968. The van der Waals surface area contributed by atoms with Crippen molar-refractivity contribution in [2.45, 2.75) is 90.1 Å². The first-order chi connectivity index (χ1) is 15.2. The molecule has 8 nitrogen and oxygen atoms in total. The summed E-state index contributed by atoms with van der Waals surface area (Å²) >= 11 is 0. The Morgan fingerprint density at radius 3 is 2.58 bits per heavy atom. The van der Waals surface area contributed by atoms with Crippen LogP contribution < -0.4 is 0 Å². The van der Waals surface area contributed by atoms with Crippen molar-refractivity contribution in [3.8, 4) is 0 Å². The summed E-state index contributed by atoms with van der Waals surface area (Å²) < 4.78 is 28.7. The van der Waals surface area contributed by atoms with Gasteiger partial charge >= 0.3 is 7.82 Å². The molecule has 0 radical (unpaired) electrons. The van der Waals surface area contributed by atoms with E-state index in [2.05, 4.69) is 18.4 Å². The zero-order valence-electron chi connectivity index (χ0n) is 19.8. The normalized spacial score (nSPS) is 46.1. The van der Waals surface area contributed by atoms with Crippen LogP contribution >= 0.6 is 7.82 Å². The maximum absolute atomic E-state index is 13.6. The van der Waals surface area contributed by atoms with Crippen molar-refractivity contribution in [2.75, 3.05) is 6.61 Å². The number of phosphoric ester groups is 1. The highest BCUT2D eigenvalue weighted by Gasteiger charge is 2.75. The van der Waals surface area contributed by atoms with Gasteiger partial charge in [0.15, 0.2) is 23.0 Å². The number of phosphoric acid groups is 1. The van der Waals surface area contributed by atoms with Crippen molar-refractivity contribution in [2.24, 2.45) is 28.6 Å². The molecule has 0 spiro atoms. The second-order valence-electron chi connectivity index (χ2n) is 11.7. The SMILES string of the molecule is CC1(C)O[C@@H]2C[C@H]3[C@@H]4CCC5=CC(=O)CC[C@]5(C)[C@H]4CC[C@]3(C)[C@]2(C(=O)COP(=O)(O)O)O1.